The van der Waals surface area contributed by atoms with Gasteiger partial charge in [-0.3, -0.25) is 14.4 Å². The molecule has 32 heavy (non-hydrogen) atoms. The predicted octanol–water partition coefficient (Wildman–Crippen LogP) is 4.03. The van der Waals surface area contributed by atoms with Gasteiger partial charge in [0.05, 0.1) is 12.1 Å². The largest absolute Gasteiger partial charge is 0.485 e. The van der Waals surface area contributed by atoms with E-state index in [0.29, 0.717) is 0 Å². The number of benzene rings is 3. The van der Waals surface area contributed by atoms with E-state index in [-0.39, 0.29) is 42.6 Å². The van der Waals surface area contributed by atoms with E-state index in [9.17, 15) is 14.4 Å². The van der Waals surface area contributed by atoms with Gasteiger partial charge in [-0.2, -0.15) is 0 Å². The first kappa shape index (κ1) is 23.2. The topological polar surface area (TPSA) is 75.7 Å². The maximum atomic E-state index is 12.6. The SMILES string of the molecule is CN(C(=O)CNC(=O)c1ccccc1OCC(=O)Cc1ccc(Br)cc1)c1ccccc1. The molecule has 3 aromatic rings. The van der Waals surface area contributed by atoms with Crippen molar-refractivity contribution in [3.05, 3.63) is 94.5 Å². The fraction of sp³-hybridized carbons (Fsp3) is 0.160. The third-order valence-electron chi connectivity index (χ3n) is 4.75. The Balaban J connectivity index is 1.55. The van der Waals surface area contributed by atoms with Crippen molar-refractivity contribution in [2.45, 2.75) is 6.42 Å². The summed E-state index contributed by atoms with van der Waals surface area (Å²) in [5.74, 6) is -0.524. The Bertz CT molecular complexity index is 1080. The Labute approximate surface area is 195 Å². The second-order valence-corrected chi connectivity index (χ2v) is 8.01. The van der Waals surface area contributed by atoms with E-state index in [1.54, 1.807) is 31.3 Å². The Morgan fingerprint density at radius 1 is 0.906 bits per heavy atom. The van der Waals surface area contributed by atoms with Gasteiger partial charge in [0.1, 0.15) is 12.4 Å². The summed E-state index contributed by atoms with van der Waals surface area (Å²) in [7, 11) is 1.65. The number of rotatable bonds is 9. The molecule has 7 heteroatoms. The molecule has 164 valence electrons. The zero-order valence-corrected chi connectivity index (χ0v) is 19.2. The van der Waals surface area contributed by atoms with Crippen LogP contribution in [0.4, 0.5) is 5.69 Å². The van der Waals surface area contributed by atoms with Gasteiger partial charge in [0.25, 0.3) is 5.91 Å². The molecule has 0 fully saturated rings. The smallest absolute Gasteiger partial charge is 0.255 e. The molecule has 0 unspecified atom stereocenters. The molecule has 3 aromatic carbocycles. The van der Waals surface area contributed by atoms with Crippen molar-refractivity contribution >= 4 is 39.2 Å². The second-order valence-electron chi connectivity index (χ2n) is 7.10. The average molecular weight is 495 g/mol. The highest BCUT2D eigenvalue weighted by Crippen LogP contribution is 2.18. The van der Waals surface area contributed by atoms with Crippen molar-refractivity contribution in [2.75, 3.05) is 25.1 Å². The molecule has 0 heterocycles. The van der Waals surface area contributed by atoms with Crippen molar-refractivity contribution in [1.82, 2.24) is 5.32 Å². The summed E-state index contributed by atoms with van der Waals surface area (Å²) in [4.78, 5) is 38.8. The summed E-state index contributed by atoms with van der Waals surface area (Å²) in [5.41, 5.74) is 1.88. The lowest BCUT2D eigenvalue weighted by Gasteiger charge is -2.18. The number of para-hydroxylation sites is 2. The molecule has 3 rings (SSSR count). The van der Waals surface area contributed by atoms with Crippen LogP contribution in [0.3, 0.4) is 0 Å². The van der Waals surface area contributed by atoms with Gasteiger partial charge in [-0.1, -0.05) is 58.4 Å². The van der Waals surface area contributed by atoms with Crippen LogP contribution in [-0.4, -0.2) is 37.8 Å². The molecule has 6 nitrogen and oxygen atoms in total. The lowest BCUT2D eigenvalue weighted by atomic mass is 10.1. The van der Waals surface area contributed by atoms with Gasteiger partial charge in [-0.25, -0.2) is 0 Å². The minimum Gasteiger partial charge on any atom is -0.485 e. The van der Waals surface area contributed by atoms with Crippen LogP contribution in [0.15, 0.2) is 83.3 Å². The molecule has 0 aliphatic rings. The lowest BCUT2D eigenvalue weighted by Crippen LogP contribution is -2.38. The molecule has 0 spiro atoms. The number of carbonyl (C=O) groups excluding carboxylic acids is 3. The van der Waals surface area contributed by atoms with E-state index in [2.05, 4.69) is 21.2 Å². The molecule has 0 radical (unpaired) electrons. The van der Waals surface area contributed by atoms with Gasteiger partial charge in [0.15, 0.2) is 5.78 Å². The van der Waals surface area contributed by atoms with Crippen LogP contribution in [-0.2, 0) is 16.0 Å². The highest BCUT2D eigenvalue weighted by atomic mass is 79.9. The maximum absolute atomic E-state index is 12.6. The van der Waals surface area contributed by atoms with E-state index in [1.807, 2.05) is 54.6 Å². The first-order chi connectivity index (χ1) is 15.4. The van der Waals surface area contributed by atoms with E-state index in [4.69, 9.17) is 4.74 Å². The molecular weight excluding hydrogens is 472 g/mol. The molecule has 2 amide bonds. The number of halogens is 1. The van der Waals surface area contributed by atoms with Crippen LogP contribution in [0, 0.1) is 0 Å². The van der Waals surface area contributed by atoms with Crippen LogP contribution in [0.2, 0.25) is 0 Å². The quantitative estimate of drug-likeness (QED) is 0.487. The van der Waals surface area contributed by atoms with Crippen molar-refractivity contribution in [2.24, 2.45) is 0 Å². The van der Waals surface area contributed by atoms with E-state index < -0.39 is 5.91 Å². The molecule has 0 atom stereocenters. The Morgan fingerprint density at radius 3 is 2.28 bits per heavy atom. The molecule has 0 bridgehead atoms. The lowest BCUT2D eigenvalue weighted by molar-refractivity contribution is -0.120. The fourth-order valence-electron chi connectivity index (χ4n) is 2.98. The number of hydrogen-bond donors (Lipinski definition) is 1. The highest BCUT2D eigenvalue weighted by Gasteiger charge is 2.16. The van der Waals surface area contributed by atoms with Crippen LogP contribution in [0.5, 0.6) is 5.75 Å². The van der Waals surface area contributed by atoms with Crippen molar-refractivity contribution in [3.8, 4) is 5.75 Å². The van der Waals surface area contributed by atoms with Crippen LogP contribution in [0.25, 0.3) is 0 Å². The molecule has 0 aliphatic heterocycles. The van der Waals surface area contributed by atoms with E-state index in [1.165, 1.54) is 4.90 Å². The van der Waals surface area contributed by atoms with Gasteiger partial charge in [0, 0.05) is 23.6 Å². The summed E-state index contributed by atoms with van der Waals surface area (Å²) in [6.45, 7) is -0.322. The molecule has 0 aliphatic carbocycles. The Kier molecular flexibility index (Phi) is 8.16. The Morgan fingerprint density at radius 2 is 1.56 bits per heavy atom. The number of amides is 2. The fourth-order valence-corrected chi connectivity index (χ4v) is 3.25. The summed E-state index contributed by atoms with van der Waals surface area (Å²) < 4.78 is 6.57. The van der Waals surface area contributed by atoms with Gasteiger partial charge in [-0.15, -0.1) is 0 Å². The number of likely N-dealkylation sites (N-methyl/N-ethyl adjacent to an activating group) is 1. The maximum Gasteiger partial charge on any atom is 0.255 e. The summed E-state index contributed by atoms with van der Waals surface area (Å²) in [6.07, 6.45) is 0.238. The number of nitrogens with one attached hydrogen (secondary N) is 1. The number of Topliss-reactive ketones (excluding diaryl/α,β-unsaturated/α-hetero) is 1. The van der Waals surface area contributed by atoms with Crippen LogP contribution >= 0.6 is 15.9 Å². The van der Waals surface area contributed by atoms with Crippen LogP contribution in [0.1, 0.15) is 15.9 Å². The van der Waals surface area contributed by atoms with Crippen molar-refractivity contribution in [1.29, 1.82) is 0 Å². The minimum absolute atomic E-state index is 0.109. The third-order valence-corrected chi connectivity index (χ3v) is 5.28. The summed E-state index contributed by atoms with van der Waals surface area (Å²) in [6, 6.07) is 23.3. The van der Waals surface area contributed by atoms with Gasteiger partial charge < -0.3 is 15.0 Å². The summed E-state index contributed by atoms with van der Waals surface area (Å²) >= 11 is 3.36. The van der Waals surface area contributed by atoms with E-state index in [0.717, 1.165) is 15.7 Å². The zero-order chi connectivity index (χ0) is 22.9. The van der Waals surface area contributed by atoms with Crippen LogP contribution < -0.4 is 15.0 Å². The van der Waals surface area contributed by atoms with E-state index >= 15 is 0 Å². The molecule has 0 saturated carbocycles. The number of hydrogen-bond acceptors (Lipinski definition) is 4. The van der Waals surface area contributed by atoms with Gasteiger partial charge in [0.2, 0.25) is 5.91 Å². The minimum atomic E-state index is -0.448. The molecule has 0 aromatic heterocycles. The first-order valence-electron chi connectivity index (χ1n) is 10.0. The van der Waals surface area contributed by atoms with Crippen molar-refractivity contribution < 1.29 is 19.1 Å². The van der Waals surface area contributed by atoms with Gasteiger partial charge in [-0.05, 0) is 42.0 Å². The number of carbonyl (C=O) groups is 3. The normalized spacial score (nSPS) is 10.3. The monoisotopic (exact) mass is 494 g/mol. The average Bonchev–Trinajstić information content (AvgIpc) is 2.82. The highest BCUT2D eigenvalue weighted by molar-refractivity contribution is 9.10. The van der Waals surface area contributed by atoms with Gasteiger partial charge >= 0.3 is 0 Å². The number of nitrogens with zero attached hydrogens (tertiary/aromatic N) is 1. The van der Waals surface area contributed by atoms with Crippen molar-refractivity contribution in [3.63, 3.8) is 0 Å². The number of anilines is 1. The first-order valence-corrected chi connectivity index (χ1v) is 10.8. The zero-order valence-electron chi connectivity index (χ0n) is 17.6. The number of ketones is 1. The summed E-state index contributed by atoms with van der Waals surface area (Å²) in [5, 5.41) is 2.62. The third kappa shape index (κ3) is 6.52. The molecule has 1 N–H and O–H groups in total. The Hall–Kier alpha value is -3.45. The second kappa shape index (κ2) is 11.2. The standard InChI is InChI=1S/C25H23BrN2O4/c1-28(20-7-3-2-4-8-20)24(30)16-27-25(31)22-9-5-6-10-23(22)32-17-21(29)15-18-11-13-19(26)14-12-18/h2-14H,15-17H2,1H3,(H,27,31). The molecular formula is C25H23BrN2O4. The number of ether oxygens (including phenoxy) is 1. The molecule has 0 saturated heterocycles. The predicted molar refractivity (Wildman–Crippen MR) is 127 cm³/mol.